The largest absolute Gasteiger partial charge is 0.256 e. The normalized spacial score (nSPS) is 11.4. The van der Waals surface area contributed by atoms with Gasteiger partial charge < -0.3 is 0 Å². The molecule has 0 saturated carbocycles. The molecular weight excluding hydrogens is 538 g/mol. The Morgan fingerprint density at radius 2 is 1.18 bits per heavy atom. The molecule has 5 nitrogen and oxygen atoms in total. The number of aryl methyl sites for hydroxylation is 2. The first-order valence-corrected chi connectivity index (χ1v) is 14.7. The number of nitrogens with zero attached hydrogens (tertiary/aromatic N) is 5. The molecule has 4 heterocycles. The Kier molecular flexibility index (Phi) is 6.16. The Labute approximate surface area is 255 Å². The van der Waals surface area contributed by atoms with Gasteiger partial charge in [0.05, 0.1) is 27.9 Å². The van der Waals surface area contributed by atoms with Gasteiger partial charge >= 0.3 is 0 Å². The molecule has 0 amide bonds. The van der Waals surface area contributed by atoms with Crippen molar-refractivity contribution in [2.24, 2.45) is 0 Å². The first-order chi connectivity index (χ1) is 21.6. The highest BCUT2D eigenvalue weighted by Crippen LogP contribution is 2.33. The molecule has 8 rings (SSSR count). The van der Waals surface area contributed by atoms with E-state index in [0.717, 1.165) is 83.3 Å². The SMILES string of the molecule is Cc1ccc2ccc3c(C)cc(-c4nc(-c5ccccc5)cc(-c5cccc(-c6cccc7cccnc67)c5)n4)nc3c2n1. The van der Waals surface area contributed by atoms with Crippen LogP contribution in [0.15, 0.2) is 128 Å². The van der Waals surface area contributed by atoms with E-state index in [1.807, 2.05) is 43.5 Å². The smallest absolute Gasteiger partial charge is 0.179 e. The summed E-state index contributed by atoms with van der Waals surface area (Å²) < 4.78 is 0. The van der Waals surface area contributed by atoms with Crippen molar-refractivity contribution in [3.8, 4) is 45.2 Å². The topological polar surface area (TPSA) is 64.5 Å². The molecule has 0 radical (unpaired) electrons. The van der Waals surface area contributed by atoms with Gasteiger partial charge in [0.1, 0.15) is 5.69 Å². The summed E-state index contributed by atoms with van der Waals surface area (Å²) in [6.45, 7) is 4.12. The minimum atomic E-state index is 0.577. The summed E-state index contributed by atoms with van der Waals surface area (Å²) in [7, 11) is 0. The molecule has 5 heteroatoms. The Morgan fingerprint density at radius 3 is 2.07 bits per heavy atom. The van der Waals surface area contributed by atoms with Crippen molar-refractivity contribution < 1.29 is 0 Å². The molecule has 0 unspecified atom stereocenters. The van der Waals surface area contributed by atoms with E-state index in [4.69, 9.17) is 19.9 Å². The third-order valence-corrected chi connectivity index (χ3v) is 8.11. The van der Waals surface area contributed by atoms with E-state index in [9.17, 15) is 0 Å². The molecule has 4 aromatic heterocycles. The van der Waals surface area contributed by atoms with Gasteiger partial charge in [-0.25, -0.2) is 15.0 Å². The highest BCUT2D eigenvalue weighted by Gasteiger charge is 2.16. The van der Waals surface area contributed by atoms with E-state index in [-0.39, 0.29) is 0 Å². The summed E-state index contributed by atoms with van der Waals surface area (Å²) in [4.78, 5) is 24.9. The van der Waals surface area contributed by atoms with E-state index < -0.39 is 0 Å². The van der Waals surface area contributed by atoms with Crippen LogP contribution in [0.4, 0.5) is 0 Å². The van der Waals surface area contributed by atoms with Crippen LogP contribution in [0.25, 0.3) is 77.9 Å². The molecule has 0 spiro atoms. The number of pyridine rings is 3. The third-order valence-electron chi connectivity index (χ3n) is 8.11. The lowest BCUT2D eigenvalue weighted by Gasteiger charge is -2.12. The summed E-state index contributed by atoms with van der Waals surface area (Å²) in [6.07, 6.45) is 1.84. The third kappa shape index (κ3) is 4.56. The van der Waals surface area contributed by atoms with Gasteiger partial charge in [0.2, 0.25) is 0 Å². The van der Waals surface area contributed by atoms with Gasteiger partial charge in [0, 0.05) is 44.7 Å². The van der Waals surface area contributed by atoms with Crippen LogP contribution >= 0.6 is 0 Å². The predicted molar refractivity (Wildman–Crippen MR) is 179 cm³/mol. The number of benzene rings is 4. The van der Waals surface area contributed by atoms with E-state index in [1.54, 1.807) is 0 Å². The molecular formula is C39H27N5. The molecule has 0 fully saturated rings. The average Bonchev–Trinajstić information content (AvgIpc) is 3.08. The highest BCUT2D eigenvalue weighted by molar-refractivity contribution is 6.04. The van der Waals surface area contributed by atoms with E-state index in [2.05, 4.69) is 103 Å². The van der Waals surface area contributed by atoms with Crippen LogP contribution in [0, 0.1) is 13.8 Å². The first kappa shape index (κ1) is 25.9. The molecule has 0 saturated heterocycles. The number of fused-ring (bicyclic) bond motifs is 4. The molecule has 44 heavy (non-hydrogen) atoms. The van der Waals surface area contributed by atoms with Crippen LogP contribution in [0.3, 0.4) is 0 Å². The number of para-hydroxylation sites is 1. The molecule has 4 aromatic carbocycles. The van der Waals surface area contributed by atoms with Gasteiger partial charge in [0.15, 0.2) is 5.82 Å². The molecule has 0 aliphatic rings. The van der Waals surface area contributed by atoms with Crippen LogP contribution in [0.2, 0.25) is 0 Å². The van der Waals surface area contributed by atoms with Crippen LogP contribution in [0.5, 0.6) is 0 Å². The van der Waals surface area contributed by atoms with Crippen molar-refractivity contribution in [1.29, 1.82) is 0 Å². The molecule has 0 aliphatic carbocycles. The molecule has 208 valence electrons. The van der Waals surface area contributed by atoms with Gasteiger partial charge in [-0.1, -0.05) is 91.0 Å². The second kappa shape index (κ2) is 10.5. The van der Waals surface area contributed by atoms with E-state index in [1.165, 1.54) is 0 Å². The van der Waals surface area contributed by atoms with Crippen LogP contribution in [-0.2, 0) is 0 Å². The van der Waals surface area contributed by atoms with E-state index >= 15 is 0 Å². The quantitative estimate of drug-likeness (QED) is 0.199. The number of rotatable bonds is 4. The fourth-order valence-corrected chi connectivity index (χ4v) is 5.90. The van der Waals surface area contributed by atoms with Crippen molar-refractivity contribution in [1.82, 2.24) is 24.9 Å². The summed E-state index contributed by atoms with van der Waals surface area (Å²) in [5, 5.41) is 3.25. The van der Waals surface area contributed by atoms with Crippen LogP contribution in [0.1, 0.15) is 11.3 Å². The summed E-state index contributed by atoms with van der Waals surface area (Å²) in [5.74, 6) is 0.577. The first-order valence-electron chi connectivity index (χ1n) is 14.7. The van der Waals surface area contributed by atoms with Gasteiger partial charge in [0.25, 0.3) is 0 Å². The molecule has 0 bridgehead atoms. The fourth-order valence-electron chi connectivity index (χ4n) is 5.90. The van der Waals surface area contributed by atoms with Gasteiger partial charge in [-0.15, -0.1) is 0 Å². The van der Waals surface area contributed by atoms with Gasteiger partial charge in [-0.2, -0.15) is 0 Å². The predicted octanol–water partition coefficient (Wildman–Crippen LogP) is 9.41. The second-order valence-electron chi connectivity index (χ2n) is 11.1. The number of hydrogen-bond donors (Lipinski definition) is 0. The molecule has 8 aromatic rings. The zero-order valence-corrected chi connectivity index (χ0v) is 24.4. The molecule has 0 N–H and O–H groups in total. The Balaban J connectivity index is 1.34. The number of aromatic nitrogens is 5. The summed E-state index contributed by atoms with van der Waals surface area (Å²) in [6, 6.07) is 41.6. The Morgan fingerprint density at radius 1 is 0.455 bits per heavy atom. The van der Waals surface area contributed by atoms with Gasteiger partial charge in [-0.3, -0.25) is 9.97 Å². The number of hydrogen-bond acceptors (Lipinski definition) is 5. The molecule has 0 atom stereocenters. The monoisotopic (exact) mass is 565 g/mol. The van der Waals surface area contributed by atoms with Crippen molar-refractivity contribution in [2.75, 3.05) is 0 Å². The van der Waals surface area contributed by atoms with Crippen molar-refractivity contribution in [3.63, 3.8) is 0 Å². The lowest BCUT2D eigenvalue weighted by molar-refractivity contribution is 1.15. The highest BCUT2D eigenvalue weighted by atomic mass is 14.9. The van der Waals surface area contributed by atoms with E-state index in [0.29, 0.717) is 5.82 Å². The lowest BCUT2D eigenvalue weighted by Crippen LogP contribution is -1.99. The van der Waals surface area contributed by atoms with Crippen LogP contribution < -0.4 is 0 Å². The Bertz CT molecular complexity index is 2360. The minimum absolute atomic E-state index is 0.577. The fraction of sp³-hybridized carbons (Fsp3) is 0.0513. The van der Waals surface area contributed by atoms with Gasteiger partial charge in [-0.05, 0) is 55.3 Å². The van der Waals surface area contributed by atoms with Crippen LogP contribution in [-0.4, -0.2) is 24.9 Å². The maximum atomic E-state index is 5.15. The van der Waals surface area contributed by atoms with Crippen molar-refractivity contribution in [3.05, 3.63) is 139 Å². The maximum Gasteiger partial charge on any atom is 0.179 e. The minimum Gasteiger partial charge on any atom is -0.256 e. The zero-order valence-electron chi connectivity index (χ0n) is 24.4. The average molecular weight is 566 g/mol. The summed E-state index contributed by atoms with van der Waals surface area (Å²) >= 11 is 0. The maximum absolute atomic E-state index is 5.15. The van der Waals surface area contributed by atoms with Crippen molar-refractivity contribution >= 4 is 32.7 Å². The lowest BCUT2D eigenvalue weighted by atomic mass is 9.98. The standard InChI is InChI=1S/C39H27N5/c1-24-21-35(42-38-31(24)19-18-28-17-16-25(2)41-37(28)38)39-43-33(26-9-4-3-5-10-26)23-34(44-39)30-13-6-12-29(22-30)32-15-7-11-27-14-8-20-40-36(27)32/h3-23H,1-2H3. The summed E-state index contributed by atoms with van der Waals surface area (Å²) in [5.41, 5.74) is 11.4. The molecule has 0 aliphatic heterocycles. The Hall–Kier alpha value is -5.81. The van der Waals surface area contributed by atoms with Crippen molar-refractivity contribution in [2.45, 2.75) is 13.8 Å². The second-order valence-corrected chi connectivity index (χ2v) is 11.1. The zero-order chi connectivity index (χ0) is 29.6.